The van der Waals surface area contributed by atoms with Gasteiger partial charge < -0.3 is 25.4 Å². The van der Waals surface area contributed by atoms with Crippen LogP contribution in [0.25, 0.3) is 0 Å². The maximum absolute atomic E-state index is 13.3. The molecular formula is C30H34N6O4S. The molecule has 214 valence electrons. The highest BCUT2D eigenvalue weighted by atomic mass is 32.1. The van der Waals surface area contributed by atoms with Crippen LogP contribution in [0.15, 0.2) is 72.2 Å². The summed E-state index contributed by atoms with van der Waals surface area (Å²) in [5.41, 5.74) is 2.61. The Morgan fingerprint density at radius 3 is 2.59 bits per heavy atom. The third kappa shape index (κ3) is 8.65. The van der Waals surface area contributed by atoms with Crippen molar-refractivity contribution in [2.24, 2.45) is 0 Å². The van der Waals surface area contributed by atoms with Crippen LogP contribution < -0.4 is 15.4 Å². The molecule has 0 aliphatic carbocycles. The van der Waals surface area contributed by atoms with E-state index < -0.39 is 12.1 Å². The predicted octanol–water partition coefficient (Wildman–Crippen LogP) is 3.01. The van der Waals surface area contributed by atoms with E-state index in [9.17, 15) is 14.7 Å². The zero-order chi connectivity index (χ0) is 29.2. The number of carbonyl (C=O) groups is 2. The second-order valence-electron chi connectivity index (χ2n) is 9.61. The molecule has 0 spiro atoms. The minimum absolute atomic E-state index is 0.192. The van der Waals surface area contributed by atoms with E-state index in [4.69, 9.17) is 4.74 Å². The van der Waals surface area contributed by atoms with Crippen LogP contribution in [0.2, 0.25) is 0 Å². The fourth-order valence-electron chi connectivity index (χ4n) is 4.22. The molecular weight excluding hydrogens is 540 g/mol. The Kier molecular flexibility index (Phi) is 10.5. The average molecular weight is 575 g/mol. The average Bonchev–Trinajstić information content (AvgIpc) is 3.41. The van der Waals surface area contributed by atoms with Gasteiger partial charge in [0.05, 0.1) is 32.3 Å². The van der Waals surface area contributed by atoms with E-state index in [-0.39, 0.29) is 18.4 Å². The number of nitrogens with one attached hydrogen (secondary N) is 2. The molecule has 41 heavy (non-hydrogen) atoms. The summed E-state index contributed by atoms with van der Waals surface area (Å²) >= 11 is 1.50. The molecule has 0 aliphatic heterocycles. The number of amides is 2. The Hall–Kier alpha value is -4.19. The van der Waals surface area contributed by atoms with Gasteiger partial charge in [0.2, 0.25) is 5.88 Å². The lowest BCUT2D eigenvalue weighted by Crippen LogP contribution is -2.48. The van der Waals surface area contributed by atoms with Gasteiger partial charge in [0.25, 0.3) is 11.8 Å². The largest absolute Gasteiger partial charge is 0.481 e. The molecule has 0 bridgehead atoms. The van der Waals surface area contributed by atoms with Gasteiger partial charge in [-0.3, -0.25) is 9.59 Å². The Balaban J connectivity index is 1.42. The highest BCUT2D eigenvalue weighted by Gasteiger charge is 2.23. The first-order chi connectivity index (χ1) is 19.8. The van der Waals surface area contributed by atoms with E-state index in [1.165, 1.54) is 18.4 Å². The van der Waals surface area contributed by atoms with Gasteiger partial charge in [-0.25, -0.2) is 9.97 Å². The summed E-state index contributed by atoms with van der Waals surface area (Å²) in [4.78, 5) is 40.9. The fourth-order valence-corrected chi connectivity index (χ4v) is 5.04. The molecule has 4 aromatic rings. The van der Waals surface area contributed by atoms with Crippen LogP contribution in [0.3, 0.4) is 0 Å². The molecule has 2 amide bonds. The quantitative estimate of drug-likeness (QED) is 0.222. The van der Waals surface area contributed by atoms with Crippen molar-refractivity contribution in [3.05, 3.63) is 105 Å². The third-order valence-corrected chi connectivity index (χ3v) is 7.31. The number of carbonyl (C=O) groups excluding carboxylic acids is 2. The van der Waals surface area contributed by atoms with Crippen LogP contribution in [0.1, 0.15) is 42.8 Å². The van der Waals surface area contributed by atoms with Crippen molar-refractivity contribution in [3.8, 4) is 5.88 Å². The van der Waals surface area contributed by atoms with Crippen LogP contribution in [0.4, 0.5) is 0 Å². The Morgan fingerprint density at radius 1 is 1.07 bits per heavy atom. The summed E-state index contributed by atoms with van der Waals surface area (Å²) in [6.07, 6.45) is 1.11. The van der Waals surface area contributed by atoms with Crippen molar-refractivity contribution >= 4 is 23.2 Å². The first-order valence-electron chi connectivity index (χ1n) is 13.2. The number of ether oxygens (including phenoxy) is 1. The standard InChI is InChI=1S/C30H34N6O4S/c1-20-19-41-28(33-20)18-36(2)30(39)23-11-7-10-22(15-23)29(38)34-24(14-21-8-5-4-6-9-21)25(37)16-31-17-26-32-13-12-27(35-26)40-3/h4-13,15,19,24-25,31,37H,14,16-18H2,1-3H3,(H,34,38)/t24-,25+/m0/s1. The van der Waals surface area contributed by atoms with E-state index in [0.717, 1.165) is 16.3 Å². The molecule has 3 N–H and O–H groups in total. The highest BCUT2D eigenvalue weighted by molar-refractivity contribution is 7.09. The summed E-state index contributed by atoms with van der Waals surface area (Å²) in [5, 5.41) is 20.0. The zero-order valence-electron chi connectivity index (χ0n) is 23.3. The number of aromatic nitrogens is 3. The number of rotatable bonds is 13. The summed E-state index contributed by atoms with van der Waals surface area (Å²) < 4.78 is 5.13. The molecule has 0 aliphatic rings. The number of nitrogens with zero attached hydrogens (tertiary/aromatic N) is 4. The molecule has 0 radical (unpaired) electrons. The number of hydrogen-bond donors (Lipinski definition) is 3. The van der Waals surface area contributed by atoms with Gasteiger partial charge in [-0.15, -0.1) is 11.3 Å². The molecule has 10 nitrogen and oxygen atoms in total. The number of hydrogen-bond acceptors (Lipinski definition) is 9. The summed E-state index contributed by atoms with van der Waals surface area (Å²) in [6.45, 7) is 2.81. The number of aryl methyl sites for hydroxylation is 1. The van der Waals surface area contributed by atoms with Gasteiger partial charge >= 0.3 is 0 Å². The van der Waals surface area contributed by atoms with Gasteiger partial charge in [-0.1, -0.05) is 36.4 Å². The summed E-state index contributed by atoms with van der Waals surface area (Å²) in [6, 6.07) is 17.3. The van der Waals surface area contributed by atoms with E-state index in [1.54, 1.807) is 48.5 Å². The van der Waals surface area contributed by atoms with Gasteiger partial charge in [-0.2, -0.15) is 4.98 Å². The van der Waals surface area contributed by atoms with E-state index in [2.05, 4.69) is 25.6 Å². The second-order valence-corrected chi connectivity index (χ2v) is 10.6. The van der Waals surface area contributed by atoms with Crippen molar-refractivity contribution in [1.29, 1.82) is 0 Å². The van der Waals surface area contributed by atoms with Crippen molar-refractivity contribution in [1.82, 2.24) is 30.5 Å². The minimum Gasteiger partial charge on any atom is -0.481 e. The fraction of sp³-hybridized carbons (Fsp3) is 0.300. The molecule has 0 saturated heterocycles. The second kappa shape index (κ2) is 14.4. The van der Waals surface area contributed by atoms with Crippen LogP contribution in [0, 0.1) is 6.92 Å². The Morgan fingerprint density at radius 2 is 1.85 bits per heavy atom. The highest BCUT2D eigenvalue weighted by Crippen LogP contribution is 2.15. The Labute approximate surface area is 243 Å². The summed E-state index contributed by atoms with van der Waals surface area (Å²) in [7, 11) is 3.25. The maximum Gasteiger partial charge on any atom is 0.253 e. The van der Waals surface area contributed by atoms with Gasteiger partial charge in [0.15, 0.2) is 0 Å². The molecule has 2 atom stereocenters. The van der Waals surface area contributed by atoms with Crippen LogP contribution in [-0.4, -0.2) is 69.6 Å². The molecule has 0 saturated carbocycles. The molecule has 11 heteroatoms. The molecule has 0 fully saturated rings. The molecule has 2 heterocycles. The minimum atomic E-state index is -0.914. The van der Waals surface area contributed by atoms with Crippen LogP contribution in [-0.2, 0) is 19.5 Å². The molecule has 2 aromatic heterocycles. The normalized spacial score (nSPS) is 12.4. The smallest absolute Gasteiger partial charge is 0.253 e. The number of benzene rings is 2. The molecule has 2 aromatic carbocycles. The number of methoxy groups -OCH3 is 1. The lowest BCUT2D eigenvalue weighted by Gasteiger charge is -2.25. The molecule has 4 rings (SSSR count). The lowest BCUT2D eigenvalue weighted by molar-refractivity contribution is 0.0784. The topological polar surface area (TPSA) is 130 Å². The van der Waals surface area contributed by atoms with Crippen molar-refractivity contribution in [3.63, 3.8) is 0 Å². The molecule has 0 unspecified atom stereocenters. The van der Waals surface area contributed by atoms with E-state index in [0.29, 0.717) is 42.3 Å². The van der Waals surface area contributed by atoms with Crippen LogP contribution >= 0.6 is 11.3 Å². The van der Waals surface area contributed by atoms with Gasteiger partial charge in [0, 0.05) is 48.1 Å². The summed E-state index contributed by atoms with van der Waals surface area (Å²) in [5.74, 6) is 0.389. The third-order valence-electron chi connectivity index (χ3n) is 6.36. The number of aliphatic hydroxyl groups excluding tert-OH is 1. The van der Waals surface area contributed by atoms with Crippen LogP contribution in [0.5, 0.6) is 5.88 Å². The van der Waals surface area contributed by atoms with E-state index in [1.807, 2.05) is 42.6 Å². The maximum atomic E-state index is 13.3. The lowest BCUT2D eigenvalue weighted by atomic mass is 10.00. The van der Waals surface area contributed by atoms with Crippen molar-refractivity contribution in [2.45, 2.75) is 38.6 Å². The number of thiazole rings is 1. The Bertz CT molecular complexity index is 1450. The van der Waals surface area contributed by atoms with E-state index >= 15 is 0 Å². The SMILES string of the molecule is COc1ccnc(CNC[C@@H](O)[C@H](Cc2ccccc2)NC(=O)c2cccc(C(=O)N(C)Cc3nc(C)cs3)c2)n1. The van der Waals surface area contributed by atoms with Crippen molar-refractivity contribution in [2.75, 3.05) is 20.7 Å². The van der Waals surface area contributed by atoms with Crippen molar-refractivity contribution < 1.29 is 19.4 Å². The zero-order valence-corrected chi connectivity index (χ0v) is 24.1. The van der Waals surface area contributed by atoms with Gasteiger partial charge in [-0.05, 0) is 37.1 Å². The number of aliphatic hydroxyl groups is 1. The first kappa shape index (κ1) is 29.8. The first-order valence-corrected chi connectivity index (χ1v) is 14.1. The predicted molar refractivity (Wildman–Crippen MR) is 157 cm³/mol. The van der Waals surface area contributed by atoms with Gasteiger partial charge in [0.1, 0.15) is 10.8 Å². The monoisotopic (exact) mass is 574 g/mol.